The fraction of sp³-hybridized carbons (Fsp3) is 0.143. The highest BCUT2D eigenvalue weighted by molar-refractivity contribution is 6.30. The lowest BCUT2D eigenvalue weighted by molar-refractivity contribution is 0.306. The average molecular weight is 609 g/mol. The van der Waals surface area contributed by atoms with Crippen LogP contribution in [0, 0.1) is 5.82 Å². The average Bonchev–Trinajstić information content (AvgIpc) is 3.35. The summed E-state index contributed by atoms with van der Waals surface area (Å²) in [5.41, 5.74) is 3.78. The third-order valence-corrected chi connectivity index (χ3v) is 7.68. The van der Waals surface area contributed by atoms with Crippen molar-refractivity contribution in [2.75, 3.05) is 7.05 Å². The highest BCUT2D eigenvalue weighted by Crippen LogP contribution is 2.21. The molecule has 0 unspecified atom stereocenters. The van der Waals surface area contributed by atoms with Crippen LogP contribution in [0.5, 0.6) is 5.75 Å². The van der Waals surface area contributed by atoms with Crippen LogP contribution in [0.25, 0.3) is 16.6 Å². The Balaban J connectivity index is 1.36. The van der Waals surface area contributed by atoms with E-state index in [0.29, 0.717) is 46.2 Å². The van der Waals surface area contributed by atoms with Crippen LogP contribution in [-0.4, -0.2) is 26.3 Å². The van der Waals surface area contributed by atoms with Crippen LogP contribution >= 0.6 is 11.6 Å². The molecule has 0 saturated heterocycles. The largest absolute Gasteiger partial charge is 0.489 e. The van der Waals surface area contributed by atoms with Gasteiger partial charge in [-0.1, -0.05) is 66.2 Å². The first kappa shape index (κ1) is 29.2. The van der Waals surface area contributed by atoms with Crippen molar-refractivity contribution in [1.82, 2.24) is 19.2 Å². The summed E-state index contributed by atoms with van der Waals surface area (Å²) in [6.07, 6.45) is 0. The number of hydrogen-bond donors (Lipinski definition) is 1. The topological polar surface area (TPSA) is 72.3 Å². The summed E-state index contributed by atoms with van der Waals surface area (Å²) in [6, 6.07) is 32.2. The van der Waals surface area contributed by atoms with Crippen LogP contribution in [0.1, 0.15) is 22.4 Å². The molecule has 44 heavy (non-hydrogen) atoms. The van der Waals surface area contributed by atoms with Gasteiger partial charge in [0.25, 0.3) is 11.1 Å². The fourth-order valence-electron chi connectivity index (χ4n) is 5.29. The second kappa shape index (κ2) is 12.8. The van der Waals surface area contributed by atoms with Gasteiger partial charge in [0, 0.05) is 24.2 Å². The van der Waals surface area contributed by atoms with Gasteiger partial charge in [0.1, 0.15) is 18.2 Å². The molecule has 0 spiro atoms. The van der Waals surface area contributed by atoms with Crippen molar-refractivity contribution in [1.29, 1.82) is 0 Å². The Morgan fingerprint density at radius 2 is 1.55 bits per heavy atom. The number of ether oxygens (including phenoxy) is 1. The van der Waals surface area contributed by atoms with Crippen molar-refractivity contribution in [3.63, 3.8) is 0 Å². The summed E-state index contributed by atoms with van der Waals surface area (Å²) in [5, 5.41) is 4.14. The van der Waals surface area contributed by atoms with E-state index in [2.05, 4.69) is 5.10 Å². The van der Waals surface area contributed by atoms with Crippen molar-refractivity contribution in [2.45, 2.75) is 26.2 Å². The van der Waals surface area contributed by atoms with Gasteiger partial charge in [0.15, 0.2) is 0 Å². The summed E-state index contributed by atoms with van der Waals surface area (Å²) < 4.78 is 22.8. The fourth-order valence-corrected chi connectivity index (χ4v) is 5.42. The minimum Gasteiger partial charge on any atom is -0.489 e. The Morgan fingerprint density at radius 3 is 2.27 bits per heavy atom. The Hall–Kier alpha value is -4.92. The van der Waals surface area contributed by atoms with E-state index in [-0.39, 0.29) is 30.0 Å². The standard InChI is InChI=1S/C35H30ClFN4O3/c1-39(20-26-8-5-9-28(37)18-26)22-32-34-31(19-33(42)40(32)21-24-10-12-27(36)13-11-24)38-41(35(34)43)29-14-16-30(17-15-29)44-23-25-6-3-2-4-7-25/h2-19,38H,20-23H2,1H3. The minimum atomic E-state index is -0.317. The van der Waals surface area contributed by atoms with Gasteiger partial charge < -0.3 is 9.30 Å². The van der Waals surface area contributed by atoms with Crippen LogP contribution in [0.2, 0.25) is 5.02 Å². The number of nitrogens with one attached hydrogen (secondary N) is 1. The molecule has 0 fully saturated rings. The van der Waals surface area contributed by atoms with Crippen LogP contribution in [-0.2, 0) is 26.2 Å². The SMILES string of the molecule is CN(Cc1cccc(F)c1)Cc1c2c(=O)n(-c3ccc(OCc4ccccc4)cc3)[nH]c2cc(=O)n1Cc1ccc(Cl)cc1. The number of benzene rings is 4. The summed E-state index contributed by atoms with van der Waals surface area (Å²) in [6.45, 7) is 1.38. The number of fused-ring (bicyclic) bond motifs is 1. The van der Waals surface area contributed by atoms with E-state index in [1.54, 1.807) is 34.9 Å². The van der Waals surface area contributed by atoms with Gasteiger partial charge in [-0.3, -0.25) is 19.6 Å². The quantitative estimate of drug-likeness (QED) is 0.192. The molecular formula is C35H30ClFN4O3. The predicted octanol–water partition coefficient (Wildman–Crippen LogP) is 6.53. The second-order valence-electron chi connectivity index (χ2n) is 10.8. The zero-order chi connectivity index (χ0) is 30.6. The van der Waals surface area contributed by atoms with Gasteiger partial charge in [-0.15, -0.1) is 0 Å². The summed E-state index contributed by atoms with van der Waals surface area (Å²) in [5.74, 6) is 0.353. The first-order valence-corrected chi connectivity index (χ1v) is 14.5. The van der Waals surface area contributed by atoms with E-state index in [1.807, 2.05) is 72.6 Å². The molecule has 6 rings (SSSR count). The Bertz CT molecular complexity index is 2020. The molecule has 2 aromatic heterocycles. The molecule has 2 heterocycles. The molecule has 0 aliphatic carbocycles. The molecule has 0 amide bonds. The smallest absolute Gasteiger partial charge is 0.280 e. The molecule has 0 radical (unpaired) electrons. The van der Waals surface area contributed by atoms with Crippen molar-refractivity contribution >= 4 is 22.5 Å². The van der Waals surface area contributed by atoms with Gasteiger partial charge in [0.2, 0.25) is 0 Å². The van der Waals surface area contributed by atoms with E-state index >= 15 is 0 Å². The number of hydrogen-bond acceptors (Lipinski definition) is 4. The van der Waals surface area contributed by atoms with Crippen molar-refractivity contribution in [2.24, 2.45) is 0 Å². The molecule has 0 bridgehead atoms. The summed E-state index contributed by atoms with van der Waals surface area (Å²) in [7, 11) is 1.88. The summed E-state index contributed by atoms with van der Waals surface area (Å²) in [4.78, 5) is 29.5. The molecule has 9 heteroatoms. The predicted molar refractivity (Wildman–Crippen MR) is 171 cm³/mol. The third kappa shape index (κ3) is 6.51. The zero-order valence-electron chi connectivity index (χ0n) is 24.0. The van der Waals surface area contributed by atoms with Crippen LogP contribution < -0.4 is 15.9 Å². The monoisotopic (exact) mass is 608 g/mol. The van der Waals surface area contributed by atoms with Gasteiger partial charge in [-0.25, -0.2) is 9.07 Å². The first-order valence-electron chi connectivity index (χ1n) is 14.2. The Kier molecular flexibility index (Phi) is 8.45. The van der Waals surface area contributed by atoms with E-state index in [0.717, 1.165) is 16.7 Å². The molecule has 6 aromatic rings. The van der Waals surface area contributed by atoms with E-state index < -0.39 is 0 Å². The highest BCUT2D eigenvalue weighted by atomic mass is 35.5. The molecule has 0 saturated carbocycles. The maximum absolute atomic E-state index is 14.0. The molecule has 1 N–H and O–H groups in total. The van der Waals surface area contributed by atoms with Crippen LogP contribution in [0.4, 0.5) is 4.39 Å². The van der Waals surface area contributed by atoms with Gasteiger partial charge in [-0.2, -0.15) is 0 Å². The number of aromatic amines is 1. The zero-order valence-corrected chi connectivity index (χ0v) is 24.8. The second-order valence-corrected chi connectivity index (χ2v) is 11.2. The lowest BCUT2D eigenvalue weighted by Gasteiger charge is -2.21. The minimum absolute atomic E-state index is 0.250. The molecule has 4 aromatic carbocycles. The van der Waals surface area contributed by atoms with Crippen molar-refractivity contribution < 1.29 is 9.13 Å². The molecule has 222 valence electrons. The highest BCUT2D eigenvalue weighted by Gasteiger charge is 2.20. The van der Waals surface area contributed by atoms with Gasteiger partial charge in [-0.05, 0) is 72.3 Å². The number of aromatic nitrogens is 3. The lowest BCUT2D eigenvalue weighted by atomic mass is 10.1. The summed E-state index contributed by atoms with van der Waals surface area (Å²) >= 11 is 6.09. The number of H-pyrrole nitrogens is 1. The van der Waals surface area contributed by atoms with Crippen molar-refractivity contribution in [3.8, 4) is 11.4 Å². The van der Waals surface area contributed by atoms with Crippen molar-refractivity contribution in [3.05, 3.63) is 163 Å². The Morgan fingerprint density at radius 1 is 0.818 bits per heavy atom. The molecule has 0 aliphatic rings. The van der Waals surface area contributed by atoms with E-state index in [9.17, 15) is 14.0 Å². The van der Waals surface area contributed by atoms with Gasteiger partial charge in [0.05, 0.1) is 28.8 Å². The lowest BCUT2D eigenvalue weighted by Crippen LogP contribution is -2.29. The normalized spacial score (nSPS) is 11.4. The number of nitrogens with zero attached hydrogens (tertiary/aromatic N) is 3. The number of rotatable bonds is 10. The van der Waals surface area contributed by atoms with E-state index in [4.69, 9.17) is 16.3 Å². The van der Waals surface area contributed by atoms with E-state index in [1.165, 1.54) is 22.9 Å². The third-order valence-electron chi connectivity index (χ3n) is 7.43. The molecule has 0 atom stereocenters. The first-order chi connectivity index (χ1) is 21.3. The maximum atomic E-state index is 14.0. The molecule has 7 nitrogen and oxygen atoms in total. The van der Waals surface area contributed by atoms with Crippen LogP contribution in [0.3, 0.4) is 0 Å². The molecular weight excluding hydrogens is 579 g/mol. The maximum Gasteiger partial charge on any atom is 0.280 e. The Labute approximate surface area is 258 Å². The number of pyridine rings is 1. The van der Waals surface area contributed by atoms with Gasteiger partial charge >= 0.3 is 0 Å². The molecule has 0 aliphatic heterocycles. The van der Waals surface area contributed by atoms with Crippen LogP contribution in [0.15, 0.2) is 119 Å². The number of halogens is 2.